The molecular formula is C24H25F3O3. The lowest BCUT2D eigenvalue weighted by atomic mass is 9.97. The quantitative estimate of drug-likeness (QED) is 0.385. The van der Waals surface area contributed by atoms with Crippen LogP contribution in [0.25, 0.3) is 0 Å². The van der Waals surface area contributed by atoms with E-state index in [2.05, 4.69) is 18.8 Å². The lowest BCUT2D eigenvalue weighted by molar-refractivity contribution is -0.137. The fourth-order valence-corrected chi connectivity index (χ4v) is 3.16. The molecule has 0 saturated heterocycles. The molecule has 2 N–H and O–H groups in total. The second-order valence-electron chi connectivity index (χ2n) is 7.17. The molecule has 2 rings (SSSR count). The molecule has 3 nitrogen and oxygen atoms in total. The monoisotopic (exact) mass is 418 g/mol. The van der Waals surface area contributed by atoms with Crippen LogP contribution >= 0.6 is 0 Å². The van der Waals surface area contributed by atoms with E-state index in [1.165, 1.54) is 18.6 Å². The summed E-state index contributed by atoms with van der Waals surface area (Å²) in [4.78, 5) is 11.3. The number of aryl methyl sites for hydroxylation is 1. The van der Waals surface area contributed by atoms with Crippen molar-refractivity contribution in [2.45, 2.75) is 58.0 Å². The van der Waals surface area contributed by atoms with Gasteiger partial charge in [0, 0.05) is 11.1 Å². The predicted molar refractivity (Wildman–Crippen MR) is 110 cm³/mol. The SMILES string of the molecule is CCCCCCCCc1cc(C(=O)O)ccc1C#Cc1ccc(O)cc1C(F)(F)F. The highest BCUT2D eigenvalue weighted by molar-refractivity contribution is 5.88. The minimum atomic E-state index is -4.64. The van der Waals surface area contributed by atoms with Crippen molar-refractivity contribution in [1.29, 1.82) is 0 Å². The fraction of sp³-hybridized carbons (Fsp3) is 0.375. The maximum atomic E-state index is 13.2. The molecule has 0 aliphatic carbocycles. The van der Waals surface area contributed by atoms with Crippen LogP contribution in [0.1, 0.15) is 78.1 Å². The normalized spacial score (nSPS) is 11.1. The average Bonchev–Trinajstić information content (AvgIpc) is 2.69. The summed E-state index contributed by atoms with van der Waals surface area (Å²) in [5.74, 6) is 3.76. The van der Waals surface area contributed by atoms with Gasteiger partial charge in [-0.3, -0.25) is 0 Å². The summed E-state index contributed by atoms with van der Waals surface area (Å²) in [6, 6.07) is 7.41. The van der Waals surface area contributed by atoms with Crippen molar-refractivity contribution in [2.75, 3.05) is 0 Å². The van der Waals surface area contributed by atoms with Gasteiger partial charge in [0.15, 0.2) is 0 Å². The third kappa shape index (κ3) is 6.84. The van der Waals surface area contributed by atoms with Gasteiger partial charge in [-0.05, 0) is 54.8 Å². The zero-order chi connectivity index (χ0) is 22.1. The number of halogens is 3. The van der Waals surface area contributed by atoms with E-state index in [0.29, 0.717) is 23.6 Å². The molecule has 2 aromatic rings. The van der Waals surface area contributed by atoms with Crippen LogP contribution in [-0.4, -0.2) is 16.2 Å². The van der Waals surface area contributed by atoms with Gasteiger partial charge in [0.1, 0.15) is 5.75 Å². The smallest absolute Gasteiger partial charge is 0.417 e. The molecule has 0 atom stereocenters. The maximum Gasteiger partial charge on any atom is 0.417 e. The minimum absolute atomic E-state index is 0.127. The third-order valence-electron chi connectivity index (χ3n) is 4.79. The standard InChI is InChI=1S/C24H25F3O3/c1-2-3-4-5-6-7-8-19-15-20(23(29)30)12-10-17(19)9-11-18-13-14-21(28)16-22(18)24(25,26)27/h10,12-16,28H,2-8H2,1H3,(H,29,30). The van der Waals surface area contributed by atoms with E-state index in [0.717, 1.165) is 44.2 Å². The second kappa shape index (κ2) is 10.7. The summed E-state index contributed by atoms with van der Waals surface area (Å²) < 4.78 is 39.7. The summed E-state index contributed by atoms with van der Waals surface area (Å²) in [6.07, 6.45) is 2.40. The molecule has 30 heavy (non-hydrogen) atoms. The van der Waals surface area contributed by atoms with Crippen LogP contribution in [0.2, 0.25) is 0 Å². The number of rotatable bonds is 8. The van der Waals surface area contributed by atoms with Crippen molar-refractivity contribution < 1.29 is 28.2 Å². The van der Waals surface area contributed by atoms with Gasteiger partial charge in [-0.2, -0.15) is 13.2 Å². The van der Waals surface area contributed by atoms with E-state index in [-0.39, 0.29) is 11.1 Å². The minimum Gasteiger partial charge on any atom is -0.508 e. The molecule has 0 unspecified atom stereocenters. The number of benzene rings is 2. The van der Waals surface area contributed by atoms with Crippen molar-refractivity contribution in [2.24, 2.45) is 0 Å². The molecule has 0 bridgehead atoms. The Labute approximate surface area is 174 Å². The van der Waals surface area contributed by atoms with Gasteiger partial charge < -0.3 is 10.2 Å². The van der Waals surface area contributed by atoms with Crippen molar-refractivity contribution in [3.8, 4) is 17.6 Å². The van der Waals surface area contributed by atoms with Gasteiger partial charge in [0.25, 0.3) is 0 Å². The van der Waals surface area contributed by atoms with Gasteiger partial charge in [-0.15, -0.1) is 0 Å². The van der Waals surface area contributed by atoms with E-state index in [1.807, 2.05) is 0 Å². The summed E-state index contributed by atoms with van der Waals surface area (Å²) in [5.41, 5.74) is 0.102. The van der Waals surface area contributed by atoms with Crippen LogP contribution in [0.3, 0.4) is 0 Å². The van der Waals surface area contributed by atoms with Gasteiger partial charge in [-0.1, -0.05) is 50.9 Å². The number of phenols is 1. The molecule has 6 heteroatoms. The third-order valence-corrected chi connectivity index (χ3v) is 4.79. The highest BCUT2D eigenvalue weighted by atomic mass is 19.4. The number of phenolic OH excluding ortho intramolecular Hbond substituents is 1. The highest BCUT2D eigenvalue weighted by Gasteiger charge is 2.33. The van der Waals surface area contributed by atoms with Gasteiger partial charge in [0.2, 0.25) is 0 Å². The number of carbonyl (C=O) groups is 1. The van der Waals surface area contributed by atoms with E-state index < -0.39 is 23.5 Å². The molecule has 0 aromatic heterocycles. The van der Waals surface area contributed by atoms with Gasteiger partial charge in [0.05, 0.1) is 11.1 Å². The van der Waals surface area contributed by atoms with Crippen molar-refractivity contribution >= 4 is 5.97 Å². The van der Waals surface area contributed by atoms with Gasteiger partial charge >= 0.3 is 12.1 Å². The molecule has 0 aliphatic rings. The Morgan fingerprint density at radius 3 is 2.23 bits per heavy atom. The van der Waals surface area contributed by atoms with Crippen LogP contribution < -0.4 is 0 Å². The number of aromatic carboxylic acids is 1. The molecule has 0 amide bonds. The summed E-state index contributed by atoms with van der Waals surface area (Å²) in [7, 11) is 0. The van der Waals surface area contributed by atoms with E-state index in [9.17, 15) is 28.2 Å². The number of carboxylic acid groups (broad SMARTS) is 1. The number of hydrogen-bond acceptors (Lipinski definition) is 2. The largest absolute Gasteiger partial charge is 0.508 e. The predicted octanol–water partition coefficient (Wildman–Crippen LogP) is 6.41. The molecule has 0 heterocycles. The van der Waals surface area contributed by atoms with Crippen LogP contribution in [0.15, 0.2) is 36.4 Å². The van der Waals surface area contributed by atoms with E-state index in [1.54, 1.807) is 6.07 Å². The number of unbranched alkanes of at least 4 members (excludes halogenated alkanes) is 5. The molecule has 0 aliphatic heterocycles. The number of aromatic hydroxyl groups is 1. The molecular weight excluding hydrogens is 393 g/mol. The second-order valence-corrected chi connectivity index (χ2v) is 7.17. The molecule has 0 fully saturated rings. The Morgan fingerprint density at radius 2 is 1.57 bits per heavy atom. The van der Waals surface area contributed by atoms with Crippen molar-refractivity contribution in [3.63, 3.8) is 0 Å². The molecule has 0 spiro atoms. The van der Waals surface area contributed by atoms with Crippen LogP contribution in [0.4, 0.5) is 13.2 Å². The van der Waals surface area contributed by atoms with Crippen LogP contribution in [0, 0.1) is 11.8 Å². The lowest BCUT2D eigenvalue weighted by Crippen LogP contribution is -2.07. The zero-order valence-electron chi connectivity index (χ0n) is 16.9. The summed E-state index contributed by atoms with van der Waals surface area (Å²) in [5, 5.41) is 18.6. The lowest BCUT2D eigenvalue weighted by Gasteiger charge is -2.10. The Morgan fingerprint density at radius 1 is 0.933 bits per heavy atom. The summed E-state index contributed by atoms with van der Waals surface area (Å²) in [6.45, 7) is 2.14. The van der Waals surface area contributed by atoms with Crippen molar-refractivity contribution in [1.82, 2.24) is 0 Å². The highest BCUT2D eigenvalue weighted by Crippen LogP contribution is 2.33. The fourth-order valence-electron chi connectivity index (χ4n) is 3.16. The molecule has 2 aromatic carbocycles. The first-order valence-corrected chi connectivity index (χ1v) is 10.0. The average molecular weight is 418 g/mol. The first kappa shape index (κ1) is 23.3. The maximum absolute atomic E-state index is 13.2. The Bertz CT molecular complexity index is 937. The Hall–Kier alpha value is -2.94. The van der Waals surface area contributed by atoms with Crippen LogP contribution in [-0.2, 0) is 12.6 Å². The number of hydrogen-bond donors (Lipinski definition) is 2. The van der Waals surface area contributed by atoms with Crippen molar-refractivity contribution in [3.05, 3.63) is 64.2 Å². The Kier molecular flexibility index (Phi) is 8.35. The van der Waals surface area contributed by atoms with E-state index >= 15 is 0 Å². The van der Waals surface area contributed by atoms with Gasteiger partial charge in [-0.25, -0.2) is 4.79 Å². The van der Waals surface area contributed by atoms with E-state index in [4.69, 9.17) is 0 Å². The first-order chi connectivity index (χ1) is 14.2. The molecule has 0 radical (unpaired) electrons. The first-order valence-electron chi connectivity index (χ1n) is 10.0. The van der Waals surface area contributed by atoms with Crippen LogP contribution in [0.5, 0.6) is 5.75 Å². The number of alkyl halides is 3. The zero-order valence-corrected chi connectivity index (χ0v) is 16.9. The Balaban J connectivity index is 2.29. The molecule has 160 valence electrons. The number of carboxylic acids is 1. The molecule has 0 saturated carbocycles. The summed E-state index contributed by atoms with van der Waals surface area (Å²) >= 11 is 0. The topological polar surface area (TPSA) is 57.5 Å².